The van der Waals surface area contributed by atoms with E-state index in [1.807, 2.05) is 42.5 Å². The summed E-state index contributed by atoms with van der Waals surface area (Å²) in [6, 6.07) is 15.3. The molecule has 0 bridgehead atoms. The van der Waals surface area contributed by atoms with Crippen LogP contribution in [-0.2, 0) is 0 Å². The van der Waals surface area contributed by atoms with Crippen molar-refractivity contribution in [3.63, 3.8) is 0 Å². The molecular formula is C21H18N8O. The van der Waals surface area contributed by atoms with Gasteiger partial charge in [0, 0.05) is 28.8 Å². The Morgan fingerprint density at radius 2 is 1.83 bits per heavy atom. The van der Waals surface area contributed by atoms with Gasteiger partial charge in [-0.1, -0.05) is 12.1 Å². The molecule has 0 radical (unpaired) electrons. The van der Waals surface area contributed by atoms with Crippen LogP contribution in [0.5, 0.6) is 0 Å². The van der Waals surface area contributed by atoms with Gasteiger partial charge in [-0.15, -0.1) is 0 Å². The number of hydrogen-bond donors (Lipinski definition) is 5. The van der Waals surface area contributed by atoms with Crippen molar-refractivity contribution < 1.29 is 0 Å². The van der Waals surface area contributed by atoms with Crippen LogP contribution in [0.25, 0.3) is 21.8 Å². The topological polar surface area (TPSA) is 127 Å². The number of benzene rings is 2. The van der Waals surface area contributed by atoms with Gasteiger partial charge in [0.2, 0.25) is 5.95 Å². The molecule has 9 heteroatoms. The summed E-state index contributed by atoms with van der Waals surface area (Å²) in [6.45, 7) is 0. The summed E-state index contributed by atoms with van der Waals surface area (Å²) < 4.78 is 0. The molecule has 3 heterocycles. The highest BCUT2D eigenvalue weighted by molar-refractivity contribution is 5.92. The minimum absolute atomic E-state index is 0.166. The van der Waals surface area contributed by atoms with Gasteiger partial charge in [0.05, 0.1) is 16.4 Å². The molecule has 0 atom stereocenters. The molecule has 1 aliphatic rings. The molecule has 5 N–H and O–H groups in total. The monoisotopic (exact) mass is 398 g/mol. The molecule has 1 saturated carbocycles. The van der Waals surface area contributed by atoms with Gasteiger partial charge in [0.1, 0.15) is 5.82 Å². The molecule has 3 aromatic heterocycles. The van der Waals surface area contributed by atoms with Gasteiger partial charge < -0.3 is 10.6 Å². The zero-order chi connectivity index (χ0) is 20.1. The van der Waals surface area contributed by atoms with Crippen molar-refractivity contribution in [2.45, 2.75) is 18.8 Å². The van der Waals surface area contributed by atoms with E-state index in [-0.39, 0.29) is 5.56 Å². The molecule has 0 saturated heterocycles. The molecule has 1 aliphatic carbocycles. The summed E-state index contributed by atoms with van der Waals surface area (Å²) >= 11 is 0. The second-order valence-electron chi connectivity index (χ2n) is 7.49. The number of fused-ring (bicyclic) bond motifs is 2. The van der Waals surface area contributed by atoms with Crippen molar-refractivity contribution in [1.29, 1.82) is 0 Å². The van der Waals surface area contributed by atoms with Gasteiger partial charge >= 0.3 is 0 Å². The van der Waals surface area contributed by atoms with Crippen LogP contribution in [0.15, 0.2) is 53.3 Å². The molecule has 30 heavy (non-hydrogen) atoms. The second-order valence-corrected chi connectivity index (χ2v) is 7.49. The smallest absolute Gasteiger partial charge is 0.271 e. The van der Waals surface area contributed by atoms with Crippen LogP contribution in [0.4, 0.5) is 23.3 Å². The molecule has 9 nitrogen and oxygen atoms in total. The summed E-state index contributed by atoms with van der Waals surface area (Å²) in [5.41, 5.74) is 3.26. The molecule has 0 unspecified atom stereocenters. The molecule has 148 valence electrons. The fourth-order valence-corrected chi connectivity index (χ4v) is 3.59. The van der Waals surface area contributed by atoms with Crippen LogP contribution < -0.4 is 16.2 Å². The maximum Gasteiger partial charge on any atom is 0.271 e. The van der Waals surface area contributed by atoms with Crippen molar-refractivity contribution in [2.75, 3.05) is 10.6 Å². The maximum absolute atomic E-state index is 11.9. The first kappa shape index (κ1) is 16.8. The van der Waals surface area contributed by atoms with Crippen molar-refractivity contribution in [2.24, 2.45) is 0 Å². The minimum atomic E-state index is -0.166. The van der Waals surface area contributed by atoms with E-state index >= 15 is 0 Å². The van der Waals surface area contributed by atoms with Crippen LogP contribution in [0.2, 0.25) is 0 Å². The van der Waals surface area contributed by atoms with Crippen molar-refractivity contribution >= 4 is 45.1 Å². The van der Waals surface area contributed by atoms with E-state index in [1.165, 1.54) is 12.8 Å². The molecule has 6 rings (SSSR count). The fraction of sp³-hybridized carbons (Fsp3) is 0.143. The van der Waals surface area contributed by atoms with Gasteiger partial charge in [-0.3, -0.25) is 20.1 Å². The Balaban J connectivity index is 1.37. The summed E-state index contributed by atoms with van der Waals surface area (Å²) in [5.74, 6) is 2.42. The van der Waals surface area contributed by atoms with E-state index in [1.54, 1.807) is 6.07 Å². The average molecular weight is 398 g/mol. The summed E-state index contributed by atoms with van der Waals surface area (Å²) in [4.78, 5) is 21.2. The predicted molar refractivity (Wildman–Crippen MR) is 116 cm³/mol. The Labute approximate surface area is 169 Å². The largest absolute Gasteiger partial charge is 0.324 e. The van der Waals surface area contributed by atoms with Gasteiger partial charge in [0.15, 0.2) is 5.82 Å². The number of para-hydroxylation sites is 1. The third kappa shape index (κ3) is 2.96. The Morgan fingerprint density at radius 3 is 2.73 bits per heavy atom. The molecule has 1 fully saturated rings. The van der Waals surface area contributed by atoms with Crippen LogP contribution in [0.3, 0.4) is 0 Å². The van der Waals surface area contributed by atoms with Crippen LogP contribution in [0, 0.1) is 0 Å². The SMILES string of the molecule is O=c1[nH][nH]c2ccc(Nc3nc(Nc4cc(C5CC5)[nH]n4)c4ccccc4n3)cc12. The maximum atomic E-state index is 11.9. The predicted octanol–water partition coefficient (Wildman–Crippen LogP) is 3.89. The first-order valence-corrected chi connectivity index (χ1v) is 9.79. The summed E-state index contributed by atoms with van der Waals surface area (Å²) in [7, 11) is 0. The zero-order valence-electron chi connectivity index (χ0n) is 15.9. The van der Waals surface area contributed by atoms with E-state index in [2.05, 4.69) is 41.0 Å². The fourth-order valence-electron chi connectivity index (χ4n) is 3.59. The van der Waals surface area contributed by atoms with Gasteiger partial charge in [0.25, 0.3) is 5.56 Å². The van der Waals surface area contributed by atoms with E-state index in [4.69, 9.17) is 0 Å². The zero-order valence-corrected chi connectivity index (χ0v) is 15.9. The summed E-state index contributed by atoms with van der Waals surface area (Å²) in [6.07, 6.45) is 2.42. The third-order valence-corrected chi connectivity index (χ3v) is 5.30. The first-order valence-electron chi connectivity index (χ1n) is 9.79. The number of hydrogen-bond acceptors (Lipinski definition) is 6. The van der Waals surface area contributed by atoms with Crippen molar-refractivity contribution in [3.8, 4) is 0 Å². The molecule has 0 amide bonds. The lowest BCUT2D eigenvalue weighted by Crippen LogP contribution is -2.03. The highest BCUT2D eigenvalue weighted by Crippen LogP contribution is 2.39. The van der Waals surface area contributed by atoms with E-state index < -0.39 is 0 Å². The second kappa shape index (κ2) is 6.45. The first-order chi connectivity index (χ1) is 14.7. The number of aromatic amines is 3. The highest BCUT2D eigenvalue weighted by Gasteiger charge is 2.25. The van der Waals surface area contributed by atoms with Crippen LogP contribution in [-0.4, -0.2) is 30.4 Å². The number of aromatic nitrogens is 6. The van der Waals surface area contributed by atoms with Gasteiger partial charge in [-0.05, 0) is 43.2 Å². The Bertz CT molecular complexity index is 1440. The Morgan fingerprint density at radius 1 is 0.933 bits per heavy atom. The van der Waals surface area contributed by atoms with E-state index in [0.29, 0.717) is 23.1 Å². The molecular weight excluding hydrogens is 380 g/mol. The van der Waals surface area contributed by atoms with Crippen LogP contribution in [0.1, 0.15) is 24.5 Å². The van der Waals surface area contributed by atoms with E-state index in [9.17, 15) is 4.79 Å². The number of anilines is 4. The number of H-pyrrole nitrogens is 3. The highest BCUT2D eigenvalue weighted by atomic mass is 16.1. The Hall–Kier alpha value is -4.14. The molecule has 5 aromatic rings. The molecule has 0 spiro atoms. The van der Waals surface area contributed by atoms with Gasteiger partial charge in [-0.25, -0.2) is 4.98 Å². The summed E-state index contributed by atoms with van der Waals surface area (Å²) in [5, 5.41) is 20.9. The Kier molecular flexibility index (Phi) is 3.61. The minimum Gasteiger partial charge on any atom is -0.324 e. The van der Waals surface area contributed by atoms with Crippen molar-refractivity contribution in [3.05, 3.63) is 64.6 Å². The lowest BCUT2D eigenvalue weighted by molar-refractivity contribution is 0.966. The lowest BCUT2D eigenvalue weighted by Gasteiger charge is -2.10. The third-order valence-electron chi connectivity index (χ3n) is 5.30. The molecule has 0 aliphatic heterocycles. The number of rotatable bonds is 5. The lowest BCUT2D eigenvalue weighted by atomic mass is 10.2. The van der Waals surface area contributed by atoms with Crippen LogP contribution >= 0.6 is 0 Å². The normalized spacial score (nSPS) is 13.7. The van der Waals surface area contributed by atoms with E-state index in [0.717, 1.165) is 33.6 Å². The van der Waals surface area contributed by atoms with Gasteiger partial charge in [-0.2, -0.15) is 10.1 Å². The average Bonchev–Trinajstić information content (AvgIpc) is 3.40. The molecule has 2 aromatic carbocycles. The van der Waals surface area contributed by atoms with Crippen molar-refractivity contribution in [1.82, 2.24) is 30.4 Å². The quantitative estimate of drug-likeness (QED) is 0.306. The number of nitrogens with one attached hydrogen (secondary N) is 5. The number of nitrogens with zero attached hydrogens (tertiary/aromatic N) is 3. The standard InChI is InChI=1S/C21H18N8O/c30-20-14-9-12(7-8-16(14)26-29-20)22-21-23-15-4-2-1-3-13(15)19(25-21)24-18-10-17(27-28-18)11-5-6-11/h1-4,7-11H,5-6H2,(H2,26,29,30)(H3,22,23,24,25,27,28).